The van der Waals surface area contributed by atoms with Crippen LogP contribution in [-0.4, -0.2) is 34.9 Å². The first-order chi connectivity index (χ1) is 10.6. The molecule has 1 N–H and O–H groups in total. The van der Waals surface area contributed by atoms with Crippen LogP contribution in [-0.2, 0) is 6.54 Å². The van der Waals surface area contributed by atoms with Gasteiger partial charge in [0.2, 0.25) is 0 Å². The Kier molecular flexibility index (Phi) is 4.98. The van der Waals surface area contributed by atoms with E-state index in [0.29, 0.717) is 15.6 Å². The molecule has 1 fully saturated rings. The first-order valence-corrected chi connectivity index (χ1v) is 8.61. The summed E-state index contributed by atoms with van der Waals surface area (Å²) in [6, 6.07) is 5.06. The maximum atomic E-state index is 12.3. The highest BCUT2D eigenvalue weighted by Gasteiger charge is 2.25. The summed E-state index contributed by atoms with van der Waals surface area (Å²) in [5, 5.41) is 3.95. The molecule has 22 heavy (non-hydrogen) atoms. The summed E-state index contributed by atoms with van der Waals surface area (Å²) in [7, 11) is 0. The van der Waals surface area contributed by atoms with Crippen LogP contribution in [0.25, 0.3) is 0 Å². The topological polar surface area (TPSA) is 45.2 Å². The molecule has 4 nitrogen and oxygen atoms in total. The van der Waals surface area contributed by atoms with Crippen LogP contribution < -0.4 is 5.32 Å². The van der Waals surface area contributed by atoms with Crippen LogP contribution in [0.15, 0.2) is 29.9 Å². The highest BCUT2D eigenvalue weighted by Crippen LogP contribution is 2.22. The van der Waals surface area contributed by atoms with Crippen LogP contribution in [0.3, 0.4) is 0 Å². The normalized spacial score (nSPS) is 18.5. The van der Waals surface area contributed by atoms with Crippen molar-refractivity contribution in [1.29, 1.82) is 0 Å². The number of carbonyl (C=O) groups excluding carboxylic acids is 1. The van der Waals surface area contributed by atoms with Crippen molar-refractivity contribution in [2.24, 2.45) is 0 Å². The van der Waals surface area contributed by atoms with Crippen LogP contribution in [0, 0.1) is 0 Å². The van der Waals surface area contributed by atoms with Crippen molar-refractivity contribution < 1.29 is 4.79 Å². The number of halogens is 2. The van der Waals surface area contributed by atoms with E-state index >= 15 is 0 Å². The van der Waals surface area contributed by atoms with Gasteiger partial charge in [0.15, 0.2) is 0 Å². The first kappa shape index (κ1) is 15.7. The molecular formula is C15H15Cl2N3OS. The Morgan fingerprint density at radius 3 is 3.05 bits per heavy atom. The molecule has 1 amide bonds. The predicted octanol–water partition coefficient (Wildman–Crippen LogP) is 3.45. The zero-order valence-corrected chi connectivity index (χ0v) is 14.1. The third-order valence-electron chi connectivity index (χ3n) is 3.65. The minimum atomic E-state index is -0.147. The van der Waals surface area contributed by atoms with E-state index in [-0.39, 0.29) is 11.9 Å². The molecule has 1 aromatic heterocycles. The molecule has 1 saturated heterocycles. The van der Waals surface area contributed by atoms with Gasteiger partial charge in [-0.05, 0) is 24.6 Å². The quantitative estimate of drug-likeness (QED) is 0.913. The van der Waals surface area contributed by atoms with Crippen LogP contribution in [0.5, 0.6) is 0 Å². The summed E-state index contributed by atoms with van der Waals surface area (Å²) in [5.74, 6) is -0.147. The van der Waals surface area contributed by atoms with Crippen molar-refractivity contribution in [2.45, 2.75) is 19.0 Å². The second kappa shape index (κ2) is 6.96. The number of benzene rings is 1. The van der Waals surface area contributed by atoms with Gasteiger partial charge in [0.05, 0.1) is 16.1 Å². The molecule has 3 rings (SSSR count). The Morgan fingerprint density at radius 2 is 2.32 bits per heavy atom. The maximum Gasteiger partial charge on any atom is 0.253 e. The highest BCUT2D eigenvalue weighted by atomic mass is 35.5. The Hall–Kier alpha value is -1.14. The van der Waals surface area contributed by atoms with Gasteiger partial charge in [-0.25, -0.2) is 0 Å². The number of carbonyl (C=O) groups is 1. The summed E-state index contributed by atoms with van der Waals surface area (Å²) in [4.78, 5) is 19.9. The van der Waals surface area contributed by atoms with Gasteiger partial charge in [-0.3, -0.25) is 14.7 Å². The van der Waals surface area contributed by atoms with Crippen LogP contribution >= 0.6 is 34.5 Å². The number of nitrogens with zero attached hydrogens (tertiary/aromatic N) is 2. The molecular weight excluding hydrogens is 341 g/mol. The molecule has 1 aromatic carbocycles. The molecule has 0 bridgehead atoms. The fourth-order valence-corrected chi connectivity index (χ4v) is 3.70. The van der Waals surface area contributed by atoms with Crippen LogP contribution in [0.1, 0.15) is 21.7 Å². The zero-order valence-electron chi connectivity index (χ0n) is 11.8. The van der Waals surface area contributed by atoms with Gasteiger partial charge < -0.3 is 5.32 Å². The number of nitrogens with one attached hydrogen (secondary N) is 1. The molecule has 0 radical (unpaired) electrons. The fraction of sp³-hybridized carbons (Fsp3) is 0.333. The molecule has 2 heterocycles. The number of thiazole rings is 1. The van der Waals surface area contributed by atoms with Gasteiger partial charge in [-0.15, -0.1) is 11.3 Å². The lowest BCUT2D eigenvalue weighted by Gasteiger charge is -2.16. The number of rotatable bonds is 4. The smallest absolute Gasteiger partial charge is 0.253 e. The van der Waals surface area contributed by atoms with Gasteiger partial charge >= 0.3 is 0 Å². The molecule has 0 aliphatic carbocycles. The lowest BCUT2D eigenvalue weighted by molar-refractivity contribution is 0.0938. The van der Waals surface area contributed by atoms with E-state index < -0.39 is 0 Å². The van der Waals surface area contributed by atoms with Crippen LogP contribution in [0.4, 0.5) is 0 Å². The lowest BCUT2D eigenvalue weighted by atomic mass is 10.2. The van der Waals surface area contributed by atoms with E-state index in [1.165, 1.54) is 4.88 Å². The van der Waals surface area contributed by atoms with E-state index in [9.17, 15) is 4.79 Å². The molecule has 116 valence electrons. The van der Waals surface area contributed by atoms with E-state index in [1.54, 1.807) is 29.5 Å². The molecule has 2 aromatic rings. The number of hydrogen-bond donors (Lipinski definition) is 1. The number of hydrogen-bond acceptors (Lipinski definition) is 4. The Labute approximate surface area is 143 Å². The van der Waals surface area contributed by atoms with Crippen molar-refractivity contribution in [3.8, 4) is 0 Å². The molecule has 7 heteroatoms. The zero-order chi connectivity index (χ0) is 15.5. The van der Waals surface area contributed by atoms with Crippen molar-refractivity contribution in [2.75, 3.05) is 13.1 Å². The van der Waals surface area contributed by atoms with E-state index in [1.807, 2.05) is 11.7 Å². The second-order valence-electron chi connectivity index (χ2n) is 5.29. The van der Waals surface area contributed by atoms with Gasteiger partial charge in [0.25, 0.3) is 5.91 Å². The van der Waals surface area contributed by atoms with Crippen molar-refractivity contribution in [3.63, 3.8) is 0 Å². The van der Waals surface area contributed by atoms with E-state index in [2.05, 4.69) is 15.2 Å². The average molecular weight is 356 g/mol. The summed E-state index contributed by atoms with van der Waals surface area (Å²) in [6.07, 6.45) is 2.83. The van der Waals surface area contributed by atoms with Crippen molar-refractivity contribution in [1.82, 2.24) is 15.2 Å². The SMILES string of the molecule is O=C(N[C@@H]1CCN(Cc2cncs2)C1)c1ccc(Cl)cc1Cl. The standard InChI is InChI=1S/C15H15Cl2N3OS/c16-10-1-2-13(14(17)5-10)15(21)19-11-3-4-20(7-11)8-12-6-18-9-22-12/h1-2,5-6,9,11H,3-4,7-8H2,(H,19,21)/t11-/m1/s1. The predicted molar refractivity (Wildman–Crippen MR) is 89.7 cm³/mol. The summed E-state index contributed by atoms with van der Waals surface area (Å²) in [6.45, 7) is 2.70. The molecule has 1 atom stereocenters. The molecule has 0 spiro atoms. The monoisotopic (exact) mass is 355 g/mol. The minimum absolute atomic E-state index is 0.146. The fourth-order valence-electron chi connectivity index (χ4n) is 2.57. The van der Waals surface area contributed by atoms with E-state index in [4.69, 9.17) is 23.2 Å². The van der Waals surface area contributed by atoms with Crippen molar-refractivity contribution in [3.05, 3.63) is 50.4 Å². The Morgan fingerprint density at radius 1 is 1.45 bits per heavy atom. The summed E-state index contributed by atoms with van der Waals surface area (Å²) < 4.78 is 0. The van der Waals surface area contributed by atoms with Gasteiger partial charge in [-0.1, -0.05) is 23.2 Å². The molecule has 1 aliphatic rings. The van der Waals surface area contributed by atoms with Gasteiger partial charge in [-0.2, -0.15) is 0 Å². The maximum absolute atomic E-state index is 12.3. The van der Waals surface area contributed by atoms with Gasteiger partial charge in [0.1, 0.15) is 0 Å². The van der Waals surface area contributed by atoms with Crippen molar-refractivity contribution >= 4 is 40.4 Å². The summed E-state index contributed by atoms with van der Waals surface area (Å²) >= 11 is 13.6. The van der Waals surface area contributed by atoms with E-state index in [0.717, 1.165) is 26.1 Å². The molecule has 0 unspecified atom stereocenters. The minimum Gasteiger partial charge on any atom is -0.348 e. The van der Waals surface area contributed by atoms with Gasteiger partial charge in [0, 0.05) is 41.8 Å². The lowest BCUT2D eigenvalue weighted by Crippen LogP contribution is -2.37. The molecule has 0 saturated carbocycles. The number of aromatic nitrogens is 1. The second-order valence-corrected chi connectivity index (χ2v) is 7.10. The Bertz CT molecular complexity index is 663. The number of likely N-dealkylation sites (tertiary alicyclic amines) is 1. The highest BCUT2D eigenvalue weighted by molar-refractivity contribution is 7.09. The largest absolute Gasteiger partial charge is 0.348 e. The Balaban J connectivity index is 1.56. The first-order valence-electron chi connectivity index (χ1n) is 6.97. The summed E-state index contributed by atoms with van der Waals surface area (Å²) in [5.41, 5.74) is 2.31. The average Bonchev–Trinajstić information content (AvgIpc) is 3.11. The van der Waals surface area contributed by atoms with Crippen LogP contribution in [0.2, 0.25) is 10.0 Å². The third-order valence-corrected chi connectivity index (χ3v) is 4.96. The molecule has 1 aliphatic heterocycles. The number of amides is 1. The third kappa shape index (κ3) is 3.79.